The fourth-order valence-electron chi connectivity index (χ4n) is 2.90. The lowest BCUT2D eigenvalue weighted by molar-refractivity contribution is 0.642. The van der Waals surface area contributed by atoms with Gasteiger partial charge in [0.05, 0.1) is 11.7 Å². The first kappa shape index (κ1) is 12.2. The minimum absolute atomic E-state index is 0.299. The van der Waals surface area contributed by atoms with Gasteiger partial charge in [-0.2, -0.15) is 0 Å². The van der Waals surface area contributed by atoms with Gasteiger partial charge in [-0.15, -0.1) is 0 Å². The molecule has 1 aliphatic carbocycles. The van der Waals surface area contributed by atoms with Crippen molar-refractivity contribution in [3.8, 4) is 0 Å². The first-order valence-electron chi connectivity index (χ1n) is 6.63. The van der Waals surface area contributed by atoms with Crippen molar-refractivity contribution in [3.63, 3.8) is 0 Å². The predicted octanol–water partition coefficient (Wildman–Crippen LogP) is 1.49. The van der Waals surface area contributed by atoms with Crippen molar-refractivity contribution in [2.45, 2.75) is 25.3 Å². The van der Waals surface area contributed by atoms with Crippen molar-refractivity contribution >= 4 is 16.9 Å². The topological polar surface area (TPSA) is 72.0 Å². The van der Waals surface area contributed by atoms with Gasteiger partial charge in [0, 0.05) is 30.9 Å². The van der Waals surface area contributed by atoms with Crippen molar-refractivity contribution in [1.82, 2.24) is 14.5 Å². The predicted molar refractivity (Wildman–Crippen MR) is 76.2 cm³/mol. The molecule has 0 aromatic carbocycles. The van der Waals surface area contributed by atoms with E-state index in [9.17, 15) is 0 Å². The number of rotatable bonds is 2. The van der Waals surface area contributed by atoms with E-state index in [1.165, 1.54) is 0 Å². The van der Waals surface area contributed by atoms with Crippen LogP contribution in [0.5, 0.6) is 0 Å². The Hall–Kier alpha value is -1.88. The average Bonchev–Trinajstić information content (AvgIpc) is 3.04. The smallest absolute Gasteiger partial charge is 0.154 e. The number of aromatic amines is 1. The molecule has 1 fully saturated rings. The summed E-state index contributed by atoms with van der Waals surface area (Å²) in [4.78, 5) is 11.8. The van der Waals surface area contributed by atoms with Gasteiger partial charge >= 0.3 is 0 Å². The molecule has 0 amide bonds. The molecule has 2 atom stereocenters. The van der Waals surface area contributed by atoms with Gasteiger partial charge in [-0.05, 0) is 25.3 Å². The van der Waals surface area contributed by atoms with Crippen LogP contribution in [0.4, 0.5) is 0 Å². The zero-order valence-electron chi connectivity index (χ0n) is 11.1. The highest BCUT2D eigenvalue weighted by molar-refractivity contribution is 5.75. The van der Waals surface area contributed by atoms with Gasteiger partial charge in [0.2, 0.25) is 0 Å². The number of hydrogen-bond acceptors (Lipinski definition) is 3. The number of fused-ring (bicyclic) bond motifs is 1. The summed E-state index contributed by atoms with van der Waals surface area (Å²) >= 11 is 0. The molecule has 5 heteroatoms. The van der Waals surface area contributed by atoms with Crippen molar-refractivity contribution in [2.24, 2.45) is 16.6 Å². The standard InChI is InChI=1S/C14H19N5/c1-9(10-3-4-11(15)7-10)19-12-5-6-17-14(12)18-8-13(19)16-2/h5-6,8,10-11,17H,1,3-4,7,15H2,2H3/b16-13-/t10-,11-/m0/s1. The van der Waals surface area contributed by atoms with Crippen LogP contribution in [0.3, 0.4) is 0 Å². The van der Waals surface area contributed by atoms with Crippen LogP contribution in [0.1, 0.15) is 19.3 Å². The Morgan fingerprint density at radius 2 is 2.42 bits per heavy atom. The molecule has 0 unspecified atom stereocenters. The fraction of sp³-hybridized carbons (Fsp3) is 0.429. The average molecular weight is 257 g/mol. The first-order chi connectivity index (χ1) is 9.20. The lowest BCUT2D eigenvalue weighted by Crippen LogP contribution is -2.24. The summed E-state index contributed by atoms with van der Waals surface area (Å²) in [6.45, 7) is 4.29. The zero-order valence-corrected chi connectivity index (χ0v) is 11.1. The summed E-state index contributed by atoms with van der Waals surface area (Å²) in [6, 6.07) is 2.31. The largest absolute Gasteiger partial charge is 0.345 e. The molecular weight excluding hydrogens is 238 g/mol. The Morgan fingerprint density at radius 1 is 1.58 bits per heavy atom. The van der Waals surface area contributed by atoms with Crippen molar-refractivity contribution < 1.29 is 0 Å². The quantitative estimate of drug-likeness (QED) is 0.855. The molecule has 0 saturated heterocycles. The summed E-state index contributed by atoms with van der Waals surface area (Å²) in [5, 5.41) is 0. The van der Waals surface area contributed by atoms with Crippen LogP contribution in [0.2, 0.25) is 0 Å². The number of allylic oxidation sites excluding steroid dienone is 1. The molecule has 19 heavy (non-hydrogen) atoms. The molecule has 5 nitrogen and oxygen atoms in total. The highest BCUT2D eigenvalue weighted by Gasteiger charge is 2.25. The molecule has 100 valence electrons. The molecule has 3 rings (SSSR count). The van der Waals surface area contributed by atoms with Crippen molar-refractivity contribution in [2.75, 3.05) is 7.05 Å². The van der Waals surface area contributed by atoms with Gasteiger partial charge in [-0.25, -0.2) is 4.98 Å². The summed E-state index contributed by atoms with van der Waals surface area (Å²) < 4.78 is 2.10. The maximum Gasteiger partial charge on any atom is 0.154 e. The molecule has 2 heterocycles. The number of hydrogen-bond donors (Lipinski definition) is 2. The highest BCUT2D eigenvalue weighted by atomic mass is 15.1. The Morgan fingerprint density at radius 3 is 3.11 bits per heavy atom. The second-order valence-corrected chi connectivity index (χ2v) is 5.15. The van der Waals surface area contributed by atoms with Gasteiger partial charge in [-0.3, -0.25) is 9.56 Å². The van der Waals surface area contributed by atoms with E-state index in [0.29, 0.717) is 12.0 Å². The van der Waals surface area contributed by atoms with E-state index in [1.54, 1.807) is 13.2 Å². The maximum absolute atomic E-state index is 6.01. The molecular formula is C14H19N5. The van der Waals surface area contributed by atoms with Crippen LogP contribution in [0.15, 0.2) is 30.0 Å². The Kier molecular flexibility index (Phi) is 2.98. The Balaban J connectivity index is 2.13. The van der Waals surface area contributed by atoms with Crippen LogP contribution in [-0.4, -0.2) is 27.6 Å². The number of H-pyrrole nitrogens is 1. The van der Waals surface area contributed by atoms with Gasteiger partial charge in [0.25, 0.3) is 0 Å². The third-order valence-electron chi connectivity index (χ3n) is 3.94. The van der Waals surface area contributed by atoms with E-state index in [-0.39, 0.29) is 0 Å². The molecule has 0 spiro atoms. The fourth-order valence-corrected chi connectivity index (χ4v) is 2.90. The van der Waals surface area contributed by atoms with Crippen LogP contribution < -0.4 is 11.2 Å². The van der Waals surface area contributed by atoms with Crippen LogP contribution >= 0.6 is 0 Å². The van der Waals surface area contributed by atoms with Crippen LogP contribution in [0.25, 0.3) is 16.9 Å². The molecule has 0 bridgehead atoms. The number of nitrogens with zero attached hydrogens (tertiary/aromatic N) is 3. The first-order valence-corrected chi connectivity index (χ1v) is 6.63. The summed E-state index contributed by atoms with van der Waals surface area (Å²) in [7, 11) is 1.78. The van der Waals surface area contributed by atoms with E-state index >= 15 is 0 Å². The Bertz CT molecular complexity index is 678. The van der Waals surface area contributed by atoms with Gasteiger partial charge < -0.3 is 10.7 Å². The lowest BCUT2D eigenvalue weighted by atomic mass is 10.0. The van der Waals surface area contributed by atoms with Crippen LogP contribution in [-0.2, 0) is 0 Å². The van der Waals surface area contributed by atoms with E-state index < -0.39 is 0 Å². The number of nitrogens with two attached hydrogens (primary N) is 1. The van der Waals surface area contributed by atoms with Gasteiger partial charge in [0.15, 0.2) is 11.1 Å². The minimum atomic E-state index is 0.299. The zero-order chi connectivity index (χ0) is 13.4. The summed E-state index contributed by atoms with van der Waals surface area (Å²) in [5.41, 5.74) is 9.79. The number of nitrogens with one attached hydrogen (secondary N) is 1. The summed E-state index contributed by atoms with van der Waals surface area (Å²) in [6.07, 6.45) is 6.85. The maximum atomic E-state index is 6.01. The molecule has 0 radical (unpaired) electrons. The van der Waals surface area contributed by atoms with E-state index in [1.807, 2.05) is 12.3 Å². The van der Waals surface area contributed by atoms with Crippen LogP contribution in [0, 0.1) is 5.92 Å². The molecule has 2 aromatic heterocycles. The van der Waals surface area contributed by atoms with E-state index in [0.717, 1.165) is 41.6 Å². The van der Waals surface area contributed by atoms with Gasteiger partial charge in [-0.1, -0.05) is 6.58 Å². The third-order valence-corrected chi connectivity index (χ3v) is 3.94. The number of aromatic nitrogens is 3. The van der Waals surface area contributed by atoms with E-state index in [4.69, 9.17) is 5.73 Å². The van der Waals surface area contributed by atoms with Crippen molar-refractivity contribution in [3.05, 3.63) is 30.5 Å². The SMILES string of the molecule is C=C([C@H]1CC[C@H](N)C1)n1/c(=N\C)cnc2[nH]ccc21. The molecule has 0 aliphatic heterocycles. The highest BCUT2D eigenvalue weighted by Crippen LogP contribution is 2.32. The van der Waals surface area contributed by atoms with E-state index in [2.05, 4.69) is 26.1 Å². The molecule has 1 saturated carbocycles. The second kappa shape index (κ2) is 4.66. The summed E-state index contributed by atoms with van der Waals surface area (Å²) in [5.74, 6) is 0.431. The molecule has 2 aromatic rings. The minimum Gasteiger partial charge on any atom is -0.345 e. The molecule has 1 aliphatic rings. The third kappa shape index (κ3) is 2.00. The Labute approximate surface area is 111 Å². The van der Waals surface area contributed by atoms with Crippen molar-refractivity contribution in [1.29, 1.82) is 0 Å². The normalized spacial score (nSPS) is 24.2. The molecule has 3 N–H and O–H groups in total. The monoisotopic (exact) mass is 257 g/mol. The van der Waals surface area contributed by atoms with Gasteiger partial charge in [0.1, 0.15) is 0 Å². The lowest BCUT2D eigenvalue weighted by Gasteiger charge is -2.18. The second-order valence-electron chi connectivity index (χ2n) is 5.15.